The molecule has 0 aliphatic carbocycles. The van der Waals surface area contributed by atoms with Crippen molar-refractivity contribution in [1.82, 2.24) is 9.97 Å². The molecule has 1 aromatic heterocycles. The van der Waals surface area contributed by atoms with Gasteiger partial charge < -0.3 is 19.7 Å². The van der Waals surface area contributed by atoms with Crippen molar-refractivity contribution in [3.63, 3.8) is 0 Å². The van der Waals surface area contributed by atoms with E-state index < -0.39 is 0 Å². The van der Waals surface area contributed by atoms with E-state index >= 15 is 0 Å². The molecule has 7 heteroatoms. The van der Waals surface area contributed by atoms with E-state index in [1.54, 1.807) is 31.4 Å². The maximum absolute atomic E-state index is 13.0. The summed E-state index contributed by atoms with van der Waals surface area (Å²) in [7, 11) is 3.19. The molecule has 0 spiro atoms. The number of aryl methyl sites for hydroxylation is 1. The normalized spacial score (nSPS) is 12.8. The summed E-state index contributed by atoms with van der Waals surface area (Å²) in [5.74, 6) is 1.69. The Labute approximate surface area is 169 Å². The Hall–Kier alpha value is -3.61. The third-order valence-corrected chi connectivity index (χ3v) is 4.90. The van der Waals surface area contributed by atoms with Crippen LogP contribution >= 0.6 is 0 Å². The highest BCUT2D eigenvalue weighted by Gasteiger charge is 2.24. The van der Waals surface area contributed by atoms with Crippen LogP contribution in [0.15, 0.2) is 54.9 Å². The number of aromatic nitrogens is 2. The number of carbonyl (C=O) groups excluding carboxylic acids is 1. The van der Waals surface area contributed by atoms with Crippen molar-refractivity contribution in [1.29, 1.82) is 0 Å². The Morgan fingerprint density at radius 3 is 2.69 bits per heavy atom. The van der Waals surface area contributed by atoms with Crippen LogP contribution in [0.3, 0.4) is 0 Å². The van der Waals surface area contributed by atoms with Gasteiger partial charge in [0.2, 0.25) is 0 Å². The molecule has 0 bridgehead atoms. The van der Waals surface area contributed by atoms with E-state index in [0.29, 0.717) is 29.6 Å². The van der Waals surface area contributed by atoms with Crippen LogP contribution in [-0.4, -0.2) is 36.6 Å². The Kier molecular flexibility index (Phi) is 5.29. The lowest BCUT2D eigenvalue weighted by Crippen LogP contribution is -2.36. The zero-order chi connectivity index (χ0) is 20.2. The van der Waals surface area contributed by atoms with Crippen LogP contribution in [0, 0.1) is 0 Å². The summed E-state index contributed by atoms with van der Waals surface area (Å²) in [6.45, 7) is 0.681. The second-order valence-electron chi connectivity index (χ2n) is 6.67. The van der Waals surface area contributed by atoms with Crippen LogP contribution in [0.1, 0.15) is 22.5 Å². The quantitative estimate of drug-likeness (QED) is 0.714. The molecule has 0 unspecified atom stereocenters. The molecule has 3 aromatic rings. The van der Waals surface area contributed by atoms with Crippen LogP contribution in [0.25, 0.3) is 0 Å². The summed E-state index contributed by atoms with van der Waals surface area (Å²) in [6, 6.07) is 13.4. The van der Waals surface area contributed by atoms with Crippen molar-refractivity contribution >= 4 is 23.1 Å². The number of methoxy groups -OCH3 is 2. The fourth-order valence-corrected chi connectivity index (χ4v) is 3.43. The highest BCUT2D eigenvalue weighted by atomic mass is 16.5. The van der Waals surface area contributed by atoms with Gasteiger partial charge in [-0.05, 0) is 36.6 Å². The molecule has 0 fully saturated rings. The van der Waals surface area contributed by atoms with E-state index in [0.717, 1.165) is 24.2 Å². The average Bonchev–Trinajstić information content (AvgIpc) is 2.79. The van der Waals surface area contributed by atoms with E-state index in [4.69, 9.17) is 9.47 Å². The summed E-state index contributed by atoms with van der Waals surface area (Å²) in [5, 5.41) is 3.16. The van der Waals surface area contributed by atoms with Crippen LogP contribution in [-0.2, 0) is 6.42 Å². The lowest BCUT2D eigenvalue weighted by molar-refractivity contribution is 0.0980. The number of benzene rings is 2. The van der Waals surface area contributed by atoms with E-state index in [2.05, 4.69) is 21.4 Å². The highest BCUT2D eigenvalue weighted by Crippen LogP contribution is 2.31. The zero-order valence-electron chi connectivity index (χ0n) is 16.4. The standard InChI is InChI=1S/C22H22N4O3/c1-28-16-9-10-17(20(12-16)29-2)25-21-14-23-18(13-24-21)22(27)26-11-5-7-15-6-3-4-8-19(15)26/h3-4,6,8-10,12-14H,5,7,11H2,1-2H3,(H,24,25). The van der Waals surface area contributed by atoms with Gasteiger partial charge in [-0.1, -0.05) is 18.2 Å². The minimum absolute atomic E-state index is 0.141. The van der Waals surface area contributed by atoms with Crippen LogP contribution in [0.4, 0.5) is 17.2 Å². The molecule has 0 saturated heterocycles. The van der Waals surface area contributed by atoms with Crippen LogP contribution in [0.2, 0.25) is 0 Å². The third-order valence-electron chi connectivity index (χ3n) is 4.90. The summed E-state index contributed by atoms with van der Waals surface area (Å²) in [5.41, 5.74) is 3.18. The Morgan fingerprint density at radius 1 is 1.07 bits per heavy atom. The maximum Gasteiger partial charge on any atom is 0.278 e. The van der Waals surface area contributed by atoms with Gasteiger partial charge in [0, 0.05) is 18.3 Å². The van der Waals surface area contributed by atoms with Gasteiger partial charge in [-0.2, -0.15) is 0 Å². The lowest BCUT2D eigenvalue weighted by atomic mass is 10.0. The molecule has 7 nitrogen and oxygen atoms in total. The van der Waals surface area contributed by atoms with Crippen molar-refractivity contribution in [3.05, 3.63) is 66.1 Å². The second kappa shape index (κ2) is 8.18. The van der Waals surface area contributed by atoms with Gasteiger partial charge in [0.15, 0.2) is 0 Å². The molecule has 2 heterocycles. The average molecular weight is 390 g/mol. The minimum atomic E-state index is -0.141. The van der Waals surface area contributed by atoms with Gasteiger partial charge in [-0.25, -0.2) is 9.97 Å². The summed E-state index contributed by atoms with van der Waals surface area (Å²) >= 11 is 0. The summed E-state index contributed by atoms with van der Waals surface area (Å²) in [4.78, 5) is 23.4. The topological polar surface area (TPSA) is 76.6 Å². The molecule has 1 N–H and O–H groups in total. The number of hydrogen-bond donors (Lipinski definition) is 1. The summed E-state index contributed by atoms with van der Waals surface area (Å²) < 4.78 is 10.6. The molecule has 1 aliphatic rings. The van der Waals surface area contributed by atoms with Gasteiger partial charge >= 0.3 is 0 Å². The SMILES string of the molecule is COc1ccc(Nc2cnc(C(=O)N3CCCc4ccccc43)cn2)c(OC)c1. The van der Waals surface area contributed by atoms with E-state index in [9.17, 15) is 4.79 Å². The molecular formula is C22H22N4O3. The monoisotopic (exact) mass is 390 g/mol. The number of nitrogens with zero attached hydrogens (tertiary/aromatic N) is 3. The Balaban J connectivity index is 1.52. The van der Waals surface area contributed by atoms with Crippen molar-refractivity contribution in [2.45, 2.75) is 12.8 Å². The molecule has 2 aromatic carbocycles. The fourth-order valence-electron chi connectivity index (χ4n) is 3.43. The van der Waals surface area contributed by atoms with E-state index in [1.807, 2.05) is 30.3 Å². The predicted molar refractivity (Wildman–Crippen MR) is 111 cm³/mol. The van der Waals surface area contributed by atoms with Gasteiger partial charge in [-0.3, -0.25) is 4.79 Å². The molecule has 1 aliphatic heterocycles. The fraction of sp³-hybridized carbons (Fsp3) is 0.227. The number of carbonyl (C=O) groups is 1. The van der Waals surface area contributed by atoms with E-state index in [1.165, 1.54) is 11.8 Å². The maximum atomic E-state index is 13.0. The number of nitrogens with one attached hydrogen (secondary N) is 1. The molecule has 0 atom stereocenters. The third kappa shape index (κ3) is 3.85. The number of fused-ring (bicyclic) bond motifs is 1. The smallest absolute Gasteiger partial charge is 0.278 e. The van der Waals surface area contributed by atoms with Crippen molar-refractivity contribution in [2.24, 2.45) is 0 Å². The molecule has 148 valence electrons. The molecule has 29 heavy (non-hydrogen) atoms. The zero-order valence-corrected chi connectivity index (χ0v) is 16.4. The molecule has 0 saturated carbocycles. The first-order valence-corrected chi connectivity index (χ1v) is 9.40. The Morgan fingerprint density at radius 2 is 1.93 bits per heavy atom. The van der Waals surface area contributed by atoms with Crippen LogP contribution < -0.4 is 19.7 Å². The number of hydrogen-bond acceptors (Lipinski definition) is 6. The second-order valence-corrected chi connectivity index (χ2v) is 6.67. The number of rotatable bonds is 5. The van der Waals surface area contributed by atoms with Gasteiger partial charge in [-0.15, -0.1) is 0 Å². The first-order valence-electron chi connectivity index (χ1n) is 9.40. The predicted octanol–water partition coefficient (Wildman–Crippen LogP) is 3.83. The van der Waals surface area contributed by atoms with Gasteiger partial charge in [0.25, 0.3) is 5.91 Å². The number of para-hydroxylation sites is 1. The summed E-state index contributed by atoms with van der Waals surface area (Å²) in [6.07, 6.45) is 4.97. The minimum Gasteiger partial charge on any atom is -0.497 e. The first kappa shape index (κ1) is 18.7. The highest BCUT2D eigenvalue weighted by molar-refractivity contribution is 6.05. The molecule has 4 rings (SSSR count). The van der Waals surface area contributed by atoms with Crippen molar-refractivity contribution in [2.75, 3.05) is 31.0 Å². The van der Waals surface area contributed by atoms with Crippen LogP contribution in [0.5, 0.6) is 11.5 Å². The van der Waals surface area contributed by atoms with E-state index in [-0.39, 0.29) is 5.91 Å². The van der Waals surface area contributed by atoms with Gasteiger partial charge in [0.1, 0.15) is 23.0 Å². The molecule has 1 amide bonds. The molecule has 0 radical (unpaired) electrons. The number of amides is 1. The Bertz CT molecular complexity index is 1020. The lowest BCUT2D eigenvalue weighted by Gasteiger charge is -2.29. The number of anilines is 3. The van der Waals surface area contributed by atoms with Crippen molar-refractivity contribution < 1.29 is 14.3 Å². The largest absolute Gasteiger partial charge is 0.497 e. The van der Waals surface area contributed by atoms with Gasteiger partial charge in [0.05, 0.1) is 32.3 Å². The number of ether oxygens (including phenoxy) is 2. The van der Waals surface area contributed by atoms with Crippen molar-refractivity contribution in [3.8, 4) is 11.5 Å². The first-order chi connectivity index (χ1) is 14.2. The molecular weight excluding hydrogens is 368 g/mol.